The first-order chi connectivity index (χ1) is 9.13. The smallest absolute Gasteiger partial charge is 0.0829 e. The van der Waals surface area contributed by atoms with E-state index in [9.17, 15) is 0 Å². The molecule has 0 spiro atoms. The van der Waals surface area contributed by atoms with Crippen LogP contribution in [0.25, 0.3) is 0 Å². The number of rotatable bonds is 3. The summed E-state index contributed by atoms with van der Waals surface area (Å²) < 4.78 is 6.00. The maximum absolute atomic E-state index is 6.35. The van der Waals surface area contributed by atoms with Crippen LogP contribution in [-0.4, -0.2) is 65.6 Å². The van der Waals surface area contributed by atoms with Crippen LogP contribution in [0.5, 0.6) is 0 Å². The Hall–Kier alpha value is 0.170. The molecule has 3 nitrogen and oxygen atoms in total. The molecule has 0 radical (unpaired) electrons. The highest BCUT2D eigenvalue weighted by Crippen LogP contribution is 2.38. The zero-order valence-corrected chi connectivity index (χ0v) is 13.0. The summed E-state index contributed by atoms with van der Waals surface area (Å²) in [5.41, 5.74) is 0. The number of fused-ring (bicyclic) bond motifs is 2. The van der Waals surface area contributed by atoms with Crippen molar-refractivity contribution in [2.45, 2.75) is 69.1 Å². The summed E-state index contributed by atoms with van der Waals surface area (Å²) in [4.78, 5) is 5.25. The third-order valence-electron chi connectivity index (χ3n) is 5.14. The zero-order valence-electron chi connectivity index (χ0n) is 12.2. The van der Waals surface area contributed by atoms with Gasteiger partial charge in [-0.2, -0.15) is 0 Å². The van der Waals surface area contributed by atoms with Crippen molar-refractivity contribution in [1.29, 1.82) is 0 Å². The van der Waals surface area contributed by atoms with Gasteiger partial charge in [0.1, 0.15) is 0 Å². The van der Waals surface area contributed by atoms with Crippen LogP contribution in [0.4, 0.5) is 0 Å². The number of halogens is 1. The molecule has 0 N–H and O–H groups in total. The van der Waals surface area contributed by atoms with E-state index in [2.05, 4.69) is 23.6 Å². The SMILES string of the molecule is CC(C)N1CCOC(CN2C3CCC2CC(Cl)C3)C1. The largest absolute Gasteiger partial charge is 0.374 e. The van der Waals surface area contributed by atoms with Crippen LogP contribution < -0.4 is 0 Å². The molecule has 3 saturated heterocycles. The molecule has 4 heteroatoms. The van der Waals surface area contributed by atoms with Crippen molar-refractivity contribution >= 4 is 11.6 Å². The van der Waals surface area contributed by atoms with Gasteiger partial charge in [-0.3, -0.25) is 9.80 Å². The van der Waals surface area contributed by atoms with Crippen LogP contribution in [-0.2, 0) is 4.74 Å². The Morgan fingerprint density at radius 3 is 2.53 bits per heavy atom. The molecule has 2 bridgehead atoms. The van der Waals surface area contributed by atoms with E-state index in [4.69, 9.17) is 16.3 Å². The van der Waals surface area contributed by atoms with Crippen molar-refractivity contribution in [3.8, 4) is 0 Å². The highest BCUT2D eigenvalue weighted by atomic mass is 35.5. The molecule has 0 amide bonds. The summed E-state index contributed by atoms with van der Waals surface area (Å²) in [5, 5.41) is 0.410. The Bertz CT molecular complexity index is 299. The number of morpholine rings is 1. The Morgan fingerprint density at radius 2 is 1.89 bits per heavy atom. The molecule has 3 rings (SSSR count). The van der Waals surface area contributed by atoms with Crippen molar-refractivity contribution in [2.24, 2.45) is 0 Å². The number of nitrogens with zero attached hydrogens (tertiary/aromatic N) is 2. The minimum atomic E-state index is 0.395. The van der Waals surface area contributed by atoms with Crippen molar-refractivity contribution in [1.82, 2.24) is 9.80 Å². The van der Waals surface area contributed by atoms with Crippen molar-refractivity contribution in [3.63, 3.8) is 0 Å². The number of hydrogen-bond donors (Lipinski definition) is 0. The lowest BCUT2D eigenvalue weighted by atomic mass is 10.0. The van der Waals surface area contributed by atoms with Gasteiger partial charge in [-0.15, -0.1) is 11.6 Å². The Kier molecular flexibility index (Phi) is 4.37. The van der Waals surface area contributed by atoms with Crippen LogP contribution in [0.2, 0.25) is 0 Å². The molecule has 19 heavy (non-hydrogen) atoms. The van der Waals surface area contributed by atoms with E-state index in [1.165, 1.54) is 25.7 Å². The van der Waals surface area contributed by atoms with Crippen LogP contribution in [0.15, 0.2) is 0 Å². The molecule has 3 aliphatic heterocycles. The van der Waals surface area contributed by atoms with Gasteiger partial charge in [0.15, 0.2) is 0 Å². The van der Waals surface area contributed by atoms with Crippen LogP contribution in [0, 0.1) is 0 Å². The third kappa shape index (κ3) is 3.10. The maximum atomic E-state index is 6.35. The fourth-order valence-electron chi connectivity index (χ4n) is 4.06. The van der Waals surface area contributed by atoms with Crippen molar-refractivity contribution in [2.75, 3.05) is 26.2 Å². The van der Waals surface area contributed by atoms with Crippen molar-refractivity contribution in [3.05, 3.63) is 0 Å². The molecule has 3 fully saturated rings. The molecule has 0 aromatic heterocycles. The molecular weight excluding hydrogens is 260 g/mol. The van der Waals surface area contributed by atoms with Gasteiger partial charge in [-0.25, -0.2) is 0 Å². The number of piperidine rings is 1. The van der Waals surface area contributed by atoms with Crippen LogP contribution in [0.1, 0.15) is 39.5 Å². The van der Waals surface area contributed by atoms with Crippen molar-refractivity contribution < 1.29 is 4.74 Å². The topological polar surface area (TPSA) is 15.7 Å². The van der Waals surface area contributed by atoms with Gasteiger partial charge in [0.25, 0.3) is 0 Å². The standard InChI is InChI=1S/C15H27ClN2O/c1-11(2)17-5-6-19-15(9-17)10-18-13-3-4-14(18)8-12(16)7-13/h11-15H,3-10H2,1-2H3. The average molecular weight is 287 g/mol. The van der Waals surface area contributed by atoms with Crippen LogP contribution >= 0.6 is 11.6 Å². The average Bonchev–Trinajstić information content (AvgIpc) is 2.62. The normalized spacial score (nSPS) is 41.1. The molecule has 0 aromatic rings. The molecule has 3 aliphatic rings. The van der Waals surface area contributed by atoms with E-state index in [0.29, 0.717) is 17.5 Å². The number of alkyl halides is 1. The molecule has 3 unspecified atom stereocenters. The molecule has 110 valence electrons. The van der Waals surface area contributed by atoms with E-state index in [-0.39, 0.29) is 0 Å². The highest BCUT2D eigenvalue weighted by molar-refractivity contribution is 6.20. The van der Waals surface area contributed by atoms with Gasteiger partial charge in [-0.05, 0) is 39.5 Å². The fourth-order valence-corrected chi connectivity index (χ4v) is 4.47. The lowest BCUT2D eigenvalue weighted by Gasteiger charge is -2.42. The quantitative estimate of drug-likeness (QED) is 0.741. The van der Waals surface area contributed by atoms with Gasteiger partial charge < -0.3 is 4.74 Å². The maximum Gasteiger partial charge on any atom is 0.0829 e. The van der Waals surface area contributed by atoms with Crippen LogP contribution in [0.3, 0.4) is 0 Å². The van der Waals surface area contributed by atoms with E-state index in [1.54, 1.807) is 0 Å². The van der Waals surface area contributed by atoms with Gasteiger partial charge in [0, 0.05) is 43.1 Å². The van der Waals surface area contributed by atoms with Gasteiger partial charge >= 0.3 is 0 Å². The fraction of sp³-hybridized carbons (Fsp3) is 1.00. The second kappa shape index (κ2) is 5.88. The summed E-state index contributed by atoms with van der Waals surface area (Å²) >= 11 is 6.35. The molecular formula is C15H27ClN2O. The third-order valence-corrected chi connectivity index (χ3v) is 5.50. The minimum absolute atomic E-state index is 0.395. The highest BCUT2D eigenvalue weighted by Gasteiger charge is 2.41. The van der Waals surface area contributed by atoms with E-state index >= 15 is 0 Å². The zero-order chi connectivity index (χ0) is 13.4. The summed E-state index contributed by atoms with van der Waals surface area (Å²) in [6.45, 7) is 8.76. The molecule has 0 saturated carbocycles. The van der Waals surface area contributed by atoms with E-state index in [0.717, 1.165) is 38.3 Å². The van der Waals surface area contributed by atoms with Gasteiger partial charge in [-0.1, -0.05) is 0 Å². The predicted molar refractivity (Wildman–Crippen MR) is 78.8 cm³/mol. The minimum Gasteiger partial charge on any atom is -0.374 e. The Balaban J connectivity index is 1.57. The monoisotopic (exact) mass is 286 g/mol. The van der Waals surface area contributed by atoms with E-state index < -0.39 is 0 Å². The molecule has 3 atom stereocenters. The van der Waals surface area contributed by atoms with E-state index in [1.807, 2.05) is 0 Å². The van der Waals surface area contributed by atoms with Gasteiger partial charge in [0.2, 0.25) is 0 Å². The first-order valence-corrected chi connectivity index (χ1v) is 8.32. The Labute approximate surface area is 122 Å². The first-order valence-electron chi connectivity index (χ1n) is 7.89. The summed E-state index contributed by atoms with van der Waals surface area (Å²) in [5.74, 6) is 0. The Morgan fingerprint density at radius 1 is 1.21 bits per heavy atom. The number of ether oxygens (including phenoxy) is 1. The second-order valence-corrected chi connectivity index (χ2v) is 7.35. The molecule has 0 aromatic carbocycles. The summed E-state index contributed by atoms with van der Waals surface area (Å²) in [7, 11) is 0. The second-order valence-electron chi connectivity index (χ2n) is 6.73. The van der Waals surface area contributed by atoms with Gasteiger partial charge in [0.05, 0.1) is 12.7 Å². The molecule has 3 heterocycles. The predicted octanol–water partition coefficient (Wildman–Crippen LogP) is 2.33. The lowest BCUT2D eigenvalue weighted by molar-refractivity contribution is -0.0611. The lowest BCUT2D eigenvalue weighted by Crippen LogP contribution is -2.53. The summed E-state index contributed by atoms with van der Waals surface area (Å²) in [6.07, 6.45) is 5.44. The summed E-state index contributed by atoms with van der Waals surface area (Å²) in [6, 6.07) is 2.08. The molecule has 0 aliphatic carbocycles. The number of hydrogen-bond acceptors (Lipinski definition) is 3. The first kappa shape index (κ1) is 14.1.